The lowest BCUT2D eigenvalue weighted by molar-refractivity contribution is -0.286. The van der Waals surface area contributed by atoms with Gasteiger partial charge in [0.05, 0.1) is 10.9 Å². The average molecular weight is 389 g/mol. The van der Waals surface area contributed by atoms with Crippen molar-refractivity contribution in [2.45, 2.75) is 19.8 Å². The van der Waals surface area contributed by atoms with Gasteiger partial charge in [-0.1, -0.05) is 0 Å². The number of fused-ring (bicyclic) bond motifs is 2. The minimum atomic E-state index is -3.75. The third kappa shape index (κ3) is 2.98. The number of nitrogens with zero attached hydrogens (tertiary/aromatic N) is 1. The van der Waals surface area contributed by atoms with Crippen molar-refractivity contribution < 1.29 is 23.0 Å². The highest BCUT2D eigenvalue weighted by molar-refractivity contribution is 6.06. The second kappa shape index (κ2) is 6.19. The molecule has 1 aliphatic rings. The van der Waals surface area contributed by atoms with Crippen LogP contribution < -0.4 is 26.0 Å². The molecule has 1 aromatic heterocycles. The van der Waals surface area contributed by atoms with Crippen molar-refractivity contribution in [2.24, 2.45) is 0 Å². The zero-order chi connectivity index (χ0) is 20.1. The van der Waals surface area contributed by atoms with Crippen LogP contribution in [0.4, 0.5) is 14.5 Å². The average Bonchev–Trinajstić information content (AvgIpc) is 2.94. The predicted molar refractivity (Wildman–Crippen MR) is 95.1 cm³/mol. The standard InChI is InChI=1S/C18H13F2N3O5/c1-2-23-16(25)11-5-3-9(7-12(11)22-17(23)26)15(24)21-10-4-6-13-14(8-10)28-18(19,20)27-13/h3-8H,2H2,1H3,(H,21,24)(H,22,26). The predicted octanol–water partition coefficient (Wildman–Crippen LogP) is 2.28. The molecule has 28 heavy (non-hydrogen) atoms. The van der Waals surface area contributed by atoms with Gasteiger partial charge in [-0.05, 0) is 37.3 Å². The number of aromatic amines is 1. The molecule has 0 atom stereocenters. The van der Waals surface area contributed by atoms with Gasteiger partial charge in [-0.2, -0.15) is 0 Å². The van der Waals surface area contributed by atoms with Gasteiger partial charge >= 0.3 is 12.0 Å². The minimum absolute atomic E-state index is 0.140. The molecule has 3 aromatic rings. The summed E-state index contributed by atoms with van der Waals surface area (Å²) in [5.41, 5.74) is -0.434. The van der Waals surface area contributed by atoms with Gasteiger partial charge in [-0.15, -0.1) is 8.78 Å². The van der Waals surface area contributed by atoms with Gasteiger partial charge in [-0.3, -0.25) is 14.2 Å². The lowest BCUT2D eigenvalue weighted by Gasteiger charge is -2.08. The number of ether oxygens (including phenoxy) is 2. The van der Waals surface area contributed by atoms with Gasteiger partial charge in [0, 0.05) is 23.9 Å². The van der Waals surface area contributed by atoms with Crippen LogP contribution in [0.5, 0.6) is 11.5 Å². The lowest BCUT2D eigenvalue weighted by Crippen LogP contribution is -2.34. The monoisotopic (exact) mass is 389 g/mol. The van der Waals surface area contributed by atoms with Crippen LogP contribution in [0.2, 0.25) is 0 Å². The molecule has 0 radical (unpaired) electrons. The molecule has 1 amide bonds. The Labute approximate surface area is 155 Å². The normalized spacial score (nSPS) is 14.2. The van der Waals surface area contributed by atoms with E-state index in [1.165, 1.54) is 36.4 Å². The lowest BCUT2D eigenvalue weighted by atomic mass is 10.1. The minimum Gasteiger partial charge on any atom is -0.395 e. The van der Waals surface area contributed by atoms with E-state index in [9.17, 15) is 23.2 Å². The van der Waals surface area contributed by atoms with Crippen LogP contribution >= 0.6 is 0 Å². The van der Waals surface area contributed by atoms with Crippen LogP contribution in [0.3, 0.4) is 0 Å². The molecule has 0 fully saturated rings. The zero-order valence-electron chi connectivity index (χ0n) is 14.4. The van der Waals surface area contributed by atoms with Crippen molar-refractivity contribution in [3.8, 4) is 11.5 Å². The number of amides is 1. The SMILES string of the molecule is CCn1c(=O)[nH]c2cc(C(=O)Nc3ccc4c(c3)OC(F)(F)O4)ccc2c1=O. The highest BCUT2D eigenvalue weighted by Gasteiger charge is 2.43. The van der Waals surface area contributed by atoms with E-state index in [1.54, 1.807) is 6.92 Å². The molecule has 2 aromatic carbocycles. The number of benzene rings is 2. The first-order valence-corrected chi connectivity index (χ1v) is 8.25. The smallest absolute Gasteiger partial charge is 0.395 e. The highest BCUT2D eigenvalue weighted by Crippen LogP contribution is 2.42. The maximum absolute atomic E-state index is 13.1. The molecule has 0 aliphatic carbocycles. The largest absolute Gasteiger partial charge is 0.586 e. The summed E-state index contributed by atoms with van der Waals surface area (Å²) in [6, 6.07) is 8.07. The number of aromatic nitrogens is 2. The second-order valence-electron chi connectivity index (χ2n) is 6.02. The van der Waals surface area contributed by atoms with Gasteiger partial charge in [0.25, 0.3) is 11.5 Å². The molecule has 1 aliphatic heterocycles. The highest BCUT2D eigenvalue weighted by atomic mass is 19.3. The maximum Gasteiger partial charge on any atom is 0.586 e. The van der Waals surface area contributed by atoms with Crippen molar-refractivity contribution in [1.29, 1.82) is 0 Å². The summed E-state index contributed by atoms with van der Waals surface area (Å²) in [7, 11) is 0. The first-order valence-electron chi connectivity index (χ1n) is 8.25. The summed E-state index contributed by atoms with van der Waals surface area (Å²) in [4.78, 5) is 39.2. The van der Waals surface area contributed by atoms with E-state index in [-0.39, 0.29) is 40.2 Å². The van der Waals surface area contributed by atoms with Gasteiger partial charge in [-0.25, -0.2) is 4.79 Å². The van der Waals surface area contributed by atoms with Gasteiger partial charge < -0.3 is 19.8 Å². The maximum atomic E-state index is 13.1. The number of anilines is 1. The van der Waals surface area contributed by atoms with Crippen LogP contribution in [0, 0.1) is 0 Å². The molecule has 0 bridgehead atoms. The number of rotatable bonds is 3. The molecule has 2 N–H and O–H groups in total. The fourth-order valence-electron chi connectivity index (χ4n) is 2.91. The van der Waals surface area contributed by atoms with Crippen LogP contribution in [0.1, 0.15) is 17.3 Å². The van der Waals surface area contributed by atoms with E-state index in [0.717, 1.165) is 4.57 Å². The molecule has 2 heterocycles. The number of alkyl halides is 2. The Morgan fingerprint density at radius 2 is 1.89 bits per heavy atom. The molecule has 4 rings (SSSR count). The van der Waals surface area contributed by atoms with E-state index in [0.29, 0.717) is 0 Å². The van der Waals surface area contributed by atoms with Gasteiger partial charge in [0.2, 0.25) is 0 Å². The Morgan fingerprint density at radius 3 is 2.64 bits per heavy atom. The number of H-pyrrole nitrogens is 1. The fraction of sp³-hybridized carbons (Fsp3) is 0.167. The fourth-order valence-corrected chi connectivity index (χ4v) is 2.91. The second-order valence-corrected chi connectivity index (χ2v) is 6.02. The molecule has 144 valence electrons. The number of nitrogens with one attached hydrogen (secondary N) is 2. The molecular formula is C18H13F2N3O5. The topological polar surface area (TPSA) is 102 Å². The molecule has 0 unspecified atom stereocenters. The Hall–Kier alpha value is -3.69. The quantitative estimate of drug-likeness (QED) is 0.716. The molecule has 0 saturated carbocycles. The van der Waals surface area contributed by atoms with Crippen LogP contribution in [0.15, 0.2) is 46.0 Å². The molecule has 8 nitrogen and oxygen atoms in total. The number of hydrogen-bond acceptors (Lipinski definition) is 5. The molecule has 0 spiro atoms. The number of halogens is 2. The Morgan fingerprint density at radius 1 is 1.14 bits per heavy atom. The summed E-state index contributed by atoms with van der Waals surface area (Å²) in [5, 5.41) is 2.80. The van der Waals surface area contributed by atoms with Crippen molar-refractivity contribution in [2.75, 3.05) is 5.32 Å². The molecule has 10 heteroatoms. The first-order chi connectivity index (χ1) is 13.3. The Kier molecular flexibility index (Phi) is 3.91. The van der Waals surface area contributed by atoms with Crippen LogP contribution in [-0.4, -0.2) is 21.8 Å². The Balaban J connectivity index is 1.63. The van der Waals surface area contributed by atoms with Crippen molar-refractivity contribution >= 4 is 22.5 Å². The summed E-state index contributed by atoms with van der Waals surface area (Å²) in [6.07, 6.45) is -3.75. The van der Waals surface area contributed by atoms with Gasteiger partial charge in [0.15, 0.2) is 11.5 Å². The summed E-state index contributed by atoms with van der Waals surface area (Å²) in [6.45, 7) is 1.89. The zero-order valence-corrected chi connectivity index (χ0v) is 14.4. The summed E-state index contributed by atoms with van der Waals surface area (Å²) < 4.78 is 35.8. The third-order valence-corrected chi connectivity index (χ3v) is 4.22. The first kappa shape index (κ1) is 17.7. The van der Waals surface area contributed by atoms with Crippen molar-refractivity contribution in [3.05, 3.63) is 62.8 Å². The Bertz CT molecular complexity index is 1230. The van der Waals surface area contributed by atoms with E-state index < -0.39 is 23.5 Å². The van der Waals surface area contributed by atoms with E-state index in [1.807, 2.05) is 0 Å². The summed E-state index contributed by atoms with van der Waals surface area (Å²) >= 11 is 0. The van der Waals surface area contributed by atoms with Crippen molar-refractivity contribution in [3.63, 3.8) is 0 Å². The van der Waals surface area contributed by atoms with Gasteiger partial charge in [0.1, 0.15) is 0 Å². The van der Waals surface area contributed by atoms with E-state index >= 15 is 0 Å². The van der Waals surface area contributed by atoms with E-state index in [2.05, 4.69) is 19.8 Å². The van der Waals surface area contributed by atoms with Crippen molar-refractivity contribution in [1.82, 2.24) is 9.55 Å². The molecule has 0 saturated heterocycles. The van der Waals surface area contributed by atoms with Crippen LogP contribution in [0.25, 0.3) is 10.9 Å². The molecular weight excluding hydrogens is 376 g/mol. The van der Waals surface area contributed by atoms with E-state index in [4.69, 9.17) is 0 Å². The summed E-state index contributed by atoms with van der Waals surface area (Å²) in [5.74, 6) is -0.905. The number of carbonyl (C=O) groups excluding carboxylic acids is 1. The number of carbonyl (C=O) groups is 1. The van der Waals surface area contributed by atoms with Crippen LogP contribution in [-0.2, 0) is 6.54 Å². The number of hydrogen-bond donors (Lipinski definition) is 2. The third-order valence-electron chi connectivity index (χ3n) is 4.22.